The zero-order valence-corrected chi connectivity index (χ0v) is 19.3. The molecule has 35 heavy (non-hydrogen) atoms. The third kappa shape index (κ3) is 5.28. The number of nitrogens with one attached hydrogen (secondary N) is 1. The van der Waals surface area contributed by atoms with E-state index in [0.29, 0.717) is 5.75 Å². The molecule has 0 unspecified atom stereocenters. The van der Waals surface area contributed by atoms with Crippen LogP contribution in [-0.4, -0.2) is 28.5 Å². The smallest absolute Gasteiger partial charge is 0.277 e. The van der Waals surface area contributed by atoms with Crippen LogP contribution >= 0.6 is 0 Å². The molecule has 0 bridgehead atoms. The van der Waals surface area contributed by atoms with Gasteiger partial charge in [0.05, 0.1) is 11.9 Å². The van der Waals surface area contributed by atoms with Crippen molar-refractivity contribution in [2.75, 3.05) is 6.61 Å². The van der Waals surface area contributed by atoms with Gasteiger partial charge in [0.25, 0.3) is 5.91 Å². The third-order valence-electron chi connectivity index (χ3n) is 5.54. The number of carbonyl (C=O) groups is 1. The van der Waals surface area contributed by atoms with E-state index in [2.05, 4.69) is 16.6 Å². The first-order valence-electron chi connectivity index (χ1n) is 11.3. The standard InChI is InChI=1S/C29H24N4O2/c1-21-8-7-11-24(16-21)29-25(19-33(32-29)26-12-3-2-4-13-26)18-30-31-28(34)20-35-27-15-14-22-9-5-6-10-23(22)17-27/h2-19H,20H2,1H3,(H,31,34)/b30-18-. The van der Waals surface area contributed by atoms with Gasteiger partial charge in [0.1, 0.15) is 11.4 Å². The minimum atomic E-state index is -0.345. The van der Waals surface area contributed by atoms with Crippen molar-refractivity contribution in [1.29, 1.82) is 0 Å². The summed E-state index contributed by atoms with van der Waals surface area (Å²) in [6.45, 7) is 1.91. The van der Waals surface area contributed by atoms with E-state index in [9.17, 15) is 4.79 Å². The topological polar surface area (TPSA) is 68.5 Å². The van der Waals surface area contributed by atoms with Crippen molar-refractivity contribution < 1.29 is 9.53 Å². The fourth-order valence-corrected chi connectivity index (χ4v) is 3.82. The van der Waals surface area contributed by atoms with Crippen LogP contribution in [0.3, 0.4) is 0 Å². The van der Waals surface area contributed by atoms with Gasteiger partial charge in [-0.3, -0.25) is 4.79 Å². The van der Waals surface area contributed by atoms with Crippen molar-refractivity contribution in [1.82, 2.24) is 15.2 Å². The molecule has 1 heterocycles. The van der Waals surface area contributed by atoms with Crippen molar-refractivity contribution >= 4 is 22.9 Å². The summed E-state index contributed by atoms with van der Waals surface area (Å²) in [5.41, 5.74) is 7.17. The fourth-order valence-electron chi connectivity index (χ4n) is 3.82. The number of fused-ring (bicyclic) bond motifs is 1. The number of para-hydroxylation sites is 1. The molecule has 0 radical (unpaired) electrons. The number of nitrogens with zero attached hydrogens (tertiary/aromatic N) is 3. The highest BCUT2D eigenvalue weighted by Gasteiger charge is 2.11. The number of aryl methyl sites for hydroxylation is 1. The lowest BCUT2D eigenvalue weighted by Gasteiger charge is -2.06. The Balaban J connectivity index is 1.30. The highest BCUT2D eigenvalue weighted by atomic mass is 16.5. The molecule has 6 heteroatoms. The van der Waals surface area contributed by atoms with Gasteiger partial charge in [0, 0.05) is 17.3 Å². The summed E-state index contributed by atoms with van der Waals surface area (Å²) in [4.78, 5) is 12.3. The van der Waals surface area contributed by atoms with Crippen LogP contribution in [0.1, 0.15) is 11.1 Å². The van der Waals surface area contributed by atoms with E-state index >= 15 is 0 Å². The number of amides is 1. The second-order valence-corrected chi connectivity index (χ2v) is 8.17. The number of aromatic nitrogens is 2. The van der Waals surface area contributed by atoms with Crippen LogP contribution in [0.2, 0.25) is 0 Å². The Morgan fingerprint density at radius 1 is 0.943 bits per heavy atom. The predicted octanol–water partition coefficient (Wildman–Crippen LogP) is 5.53. The molecule has 6 nitrogen and oxygen atoms in total. The average Bonchev–Trinajstić information content (AvgIpc) is 3.32. The van der Waals surface area contributed by atoms with E-state index in [1.54, 1.807) is 6.21 Å². The van der Waals surface area contributed by atoms with Gasteiger partial charge < -0.3 is 4.74 Å². The summed E-state index contributed by atoms with van der Waals surface area (Å²) >= 11 is 0. The Labute approximate surface area is 203 Å². The molecular weight excluding hydrogens is 436 g/mol. The van der Waals surface area contributed by atoms with Crippen molar-refractivity contribution in [3.8, 4) is 22.7 Å². The third-order valence-corrected chi connectivity index (χ3v) is 5.54. The lowest BCUT2D eigenvalue weighted by Crippen LogP contribution is -2.24. The molecule has 5 rings (SSSR count). The van der Waals surface area contributed by atoms with Crippen LogP contribution < -0.4 is 10.2 Å². The van der Waals surface area contributed by atoms with Crippen molar-refractivity contribution in [2.24, 2.45) is 5.10 Å². The first-order chi connectivity index (χ1) is 17.2. The SMILES string of the molecule is Cc1cccc(-c2nn(-c3ccccc3)cc2/C=N\NC(=O)COc2ccc3ccccc3c2)c1. The summed E-state index contributed by atoms with van der Waals surface area (Å²) in [6, 6.07) is 31.7. The normalized spacial score (nSPS) is 11.1. The van der Waals surface area contributed by atoms with Crippen LogP contribution in [0.5, 0.6) is 5.75 Å². The molecule has 4 aromatic carbocycles. The zero-order chi connectivity index (χ0) is 24.0. The second kappa shape index (κ2) is 10.1. The van der Waals surface area contributed by atoms with E-state index < -0.39 is 0 Å². The van der Waals surface area contributed by atoms with E-state index in [-0.39, 0.29) is 12.5 Å². The van der Waals surface area contributed by atoms with Crippen LogP contribution in [0.25, 0.3) is 27.7 Å². The first-order valence-corrected chi connectivity index (χ1v) is 11.3. The van der Waals surface area contributed by atoms with E-state index in [0.717, 1.165) is 38.8 Å². The monoisotopic (exact) mass is 460 g/mol. The summed E-state index contributed by atoms with van der Waals surface area (Å²) in [5.74, 6) is 0.288. The minimum absolute atomic E-state index is 0.135. The number of ether oxygens (including phenoxy) is 1. The van der Waals surface area contributed by atoms with Gasteiger partial charge in [-0.2, -0.15) is 10.2 Å². The first kappa shape index (κ1) is 22.1. The molecule has 0 atom stereocenters. The number of benzene rings is 4. The number of hydrogen-bond donors (Lipinski definition) is 1. The zero-order valence-electron chi connectivity index (χ0n) is 19.3. The number of hydrogen-bond acceptors (Lipinski definition) is 4. The molecule has 1 N–H and O–H groups in total. The fraction of sp³-hybridized carbons (Fsp3) is 0.0690. The molecule has 172 valence electrons. The van der Waals surface area contributed by atoms with Gasteiger partial charge >= 0.3 is 0 Å². The molecule has 0 saturated carbocycles. The second-order valence-electron chi connectivity index (χ2n) is 8.17. The maximum absolute atomic E-state index is 12.3. The van der Waals surface area contributed by atoms with Crippen LogP contribution in [0.15, 0.2) is 108 Å². The molecule has 1 aromatic heterocycles. The molecule has 5 aromatic rings. The van der Waals surface area contributed by atoms with Gasteiger partial charge in [0.15, 0.2) is 6.61 Å². The Bertz CT molecular complexity index is 1510. The average molecular weight is 461 g/mol. The Morgan fingerprint density at radius 2 is 1.74 bits per heavy atom. The summed E-state index contributed by atoms with van der Waals surface area (Å²) in [5, 5.41) is 11.1. The van der Waals surface area contributed by atoms with Gasteiger partial charge in [-0.1, -0.05) is 72.3 Å². The number of carbonyl (C=O) groups excluding carboxylic acids is 1. The summed E-state index contributed by atoms with van der Waals surface area (Å²) in [6.07, 6.45) is 3.51. The Kier molecular flexibility index (Phi) is 6.35. The van der Waals surface area contributed by atoms with Crippen LogP contribution in [0.4, 0.5) is 0 Å². The predicted molar refractivity (Wildman–Crippen MR) is 139 cm³/mol. The molecule has 0 aliphatic carbocycles. The van der Waals surface area contributed by atoms with E-state index in [4.69, 9.17) is 9.84 Å². The molecule has 1 amide bonds. The number of rotatable bonds is 7. The Hall–Kier alpha value is -4.71. The van der Waals surface area contributed by atoms with Crippen LogP contribution in [0, 0.1) is 6.92 Å². The van der Waals surface area contributed by atoms with Crippen molar-refractivity contribution in [3.63, 3.8) is 0 Å². The molecule has 0 aliphatic heterocycles. The van der Waals surface area contributed by atoms with Crippen LogP contribution in [-0.2, 0) is 4.79 Å². The molecule has 0 fully saturated rings. The van der Waals surface area contributed by atoms with Crippen molar-refractivity contribution in [2.45, 2.75) is 6.92 Å². The number of hydrazone groups is 1. The summed E-state index contributed by atoms with van der Waals surface area (Å²) < 4.78 is 7.45. The highest BCUT2D eigenvalue weighted by Crippen LogP contribution is 2.24. The van der Waals surface area contributed by atoms with Gasteiger partial charge in [-0.05, 0) is 48.0 Å². The molecular formula is C29H24N4O2. The molecule has 0 spiro atoms. The largest absolute Gasteiger partial charge is 0.484 e. The van der Waals surface area contributed by atoms with Gasteiger partial charge in [-0.25, -0.2) is 10.1 Å². The maximum atomic E-state index is 12.3. The summed E-state index contributed by atoms with van der Waals surface area (Å²) in [7, 11) is 0. The molecule has 0 saturated heterocycles. The highest BCUT2D eigenvalue weighted by molar-refractivity contribution is 5.90. The lowest BCUT2D eigenvalue weighted by atomic mass is 10.1. The lowest BCUT2D eigenvalue weighted by molar-refractivity contribution is -0.123. The van der Waals surface area contributed by atoms with Gasteiger partial charge in [-0.15, -0.1) is 0 Å². The van der Waals surface area contributed by atoms with Crippen molar-refractivity contribution in [3.05, 3.63) is 114 Å². The van der Waals surface area contributed by atoms with E-state index in [1.165, 1.54) is 0 Å². The van der Waals surface area contributed by atoms with E-state index in [1.807, 2.05) is 109 Å². The minimum Gasteiger partial charge on any atom is -0.484 e. The maximum Gasteiger partial charge on any atom is 0.277 e. The Morgan fingerprint density at radius 3 is 2.57 bits per heavy atom. The van der Waals surface area contributed by atoms with Gasteiger partial charge in [0.2, 0.25) is 0 Å². The molecule has 0 aliphatic rings. The quantitative estimate of drug-likeness (QED) is 0.256.